The average Bonchev–Trinajstić information content (AvgIpc) is 2.36. The minimum atomic E-state index is -0.602. The number of amides is 2. The van der Waals surface area contributed by atoms with Crippen molar-refractivity contribution < 1.29 is 9.72 Å². The van der Waals surface area contributed by atoms with Crippen LogP contribution in [-0.4, -0.2) is 11.0 Å². The van der Waals surface area contributed by atoms with E-state index in [9.17, 15) is 14.9 Å². The monoisotopic (exact) mass is 311 g/mol. The maximum Gasteiger partial charge on any atom is 0.323 e. The summed E-state index contributed by atoms with van der Waals surface area (Å²) in [6.45, 7) is 8.00. The molecule has 6 nitrogen and oxygen atoms in total. The van der Waals surface area contributed by atoms with E-state index >= 15 is 0 Å². The van der Waals surface area contributed by atoms with Crippen LogP contribution in [-0.2, 0) is 0 Å². The molecule has 2 amide bonds. The maximum atomic E-state index is 11.7. The number of nitrogens with one attached hydrogen (secondary N) is 2. The summed E-state index contributed by atoms with van der Waals surface area (Å²) in [5, 5.41) is 15.9. The number of nitro groups is 1. The lowest BCUT2D eigenvalue weighted by molar-refractivity contribution is -0.384. The van der Waals surface area contributed by atoms with Crippen molar-refractivity contribution in [3.8, 4) is 0 Å². The fourth-order valence-corrected chi connectivity index (χ4v) is 1.47. The molecule has 0 aliphatic carbocycles. The van der Waals surface area contributed by atoms with Crippen LogP contribution in [0.15, 0.2) is 30.0 Å². The van der Waals surface area contributed by atoms with Crippen LogP contribution in [0.25, 0.3) is 0 Å². The third-order valence-corrected chi connectivity index (χ3v) is 3.32. The molecule has 1 aromatic carbocycles. The summed E-state index contributed by atoms with van der Waals surface area (Å²) in [6.07, 6.45) is 1.61. The molecule has 0 heterocycles. The first-order valence-electron chi connectivity index (χ1n) is 6.30. The number of anilines is 1. The molecule has 0 saturated heterocycles. The zero-order valence-electron chi connectivity index (χ0n) is 12.4. The lowest BCUT2D eigenvalue weighted by Gasteiger charge is -2.19. The number of rotatable bonds is 3. The number of allylic oxidation sites excluding steroid dienone is 1. The van der Waals surface area contributed by atoms with Crippen LogP contribution in [0, 0.1) is 15.5 Å². The number of hydrogen-bond donors (Lipinski definition) is 2. The molecule has 0 radical (unpaired) electrons. The summed E-state index contributed by atoms with van der Waals surface area (Å²) in [6, 6.07) is 3.60. The van der Waals surface area contributed by atoms with E-state index < -0.39 is 11.0 Å². The van der Waals surface area contributed by atoms with Gasteiger partial charge in [-0.2, -0.15) is 0 Å². The van der Waals surface area contributed by atoms with Gasteiger partial charge in [-0.1, -0.05) is 37.9 Å². The van der Waals surface area contributed by atoms with Crippen molar-refractivity contribution >= 4 is 29.0 Å². The number of halogens is 1. The molecule has 7 heteroatoms. The molecule has 0 fully saturated rings. The molecule has 1 aromatic rings. The second kappa shape index (κ2) is 6.58. The van der Waals surface area contributed by atoms with Crippen LogP contribution in [0.1, 0.15) is 27.7 Å². The molecular weight excluding hydrogens is 294 g/mol. The fourth-order valence-electron chi connectivity index (χ4n) is 1.29. The molecule has 21 heavy (non-hydrogen) atoms. The van der Waals surface area contributed by atoms with E-state index in [4.69, 9.17) is 11.6 Å². The Labute approximate surface area is 128 Å². The summed E-state index contributed by atoms with van der Waals surface area (Å²) < 4.78 is 0. The minimum absolute atomic E-state index is 0.0226. The van der Waals surface area contributed by atoms with Gasteiger partial charge in [-0.25, -0.2) is 4.79 Å². The van der Waals surface area contributed by atoms with Crippen molar-refractivity contribution in [3.05, 3.63) is 45.1 Å². The van der Waals surface area contributed by atoms with E-state index in [2.05, 4.69) is 10.6 Å². The van der Waals surface area contributed by atoms with Gasteiger partial charge in [-0.3, -0.25) is 10.1 Å². The van der Waals surface area contributed by atoms with Crippen molar-refractivity contribution in [2.75, 3.05) is 5.32 Å². The maximum absolute atomic E-state index is 11.7. The normalized spacial score (nSPS) is 12.0. The third kappa shape index (κ3) is 5.07. The van der Waals surface area contributed by atoms with Crippen molar-refractivity contribution in [2.24, 2.45) is 5.41 Å². The summed E-state index contributed by atoms with van der Waals surface area (Å²) >= 11 is 5.70. The summed E-state index contributed by atoms with van der Waals surface area (Å²) in [4.78, 5) is 21.9. The molecule has 0 aliphatic rings. The number of hydrogen-bond acceptors (Lipinski definition) is 3. The Kier molecular flexibility index (Phi) is 5.32. The molecule has 114 valence electrons. The van der Waals surface area contributed by atoms with Crippen molar-refractivity contribution in [2.45, 2.75) is 27.7 Å². The average molecular weight is 312 g/mol. The SMILES string of the molecule is C/C(=C\NC(=O)Nc1ccc(Cl)c([N+](=O)[O-])c1)C(C)(C)C. The minimum Gasteiger partial charge on any atom is -0.314 e. The quantitative estimate of drug-likeness (QED) is 0.644. The predicted molar refractivity (Wildman–Crippen MR) is 83.5 cm³/mol. The standard InChI is InChI=1S/C14H18ClN3O3/c1-9(14(2,3)4)8-16-13(19)17-10-5-6-11(15)12(7-10)18(20)21/h5-8H,1-4H3,(H2,16,17,19)/b9-8+. The Morgan fingerprint density at radius 3 is 2.52 bits per heavy atom. The Morgan fingerprint density at radius 2 is 2.00 bits per heavy atom. The number of carbonyl (C=O) groups excluding carboxylic acids is 1. The fraction of sp³-hybridized carbons (Fsp3) is 0.357. The van der Waals surface area contributed by atoms with Crippen LogP contribution < -0.4 is 10.6 Å². The number of benzene rings is 1. The van der Waals surface area contributed by atoms with Crippen molar-refractivity contribution in [1.82, 2.24) is 5.32 Å². The third-order valence-electron chi connectivity index (χ3n) is 3.00. The smallest absolute Gasteiger partial charge is 0.314 e. The second-order valence-corrected chi connectivity index (χ2v) is 6.01. The first-order chi connectivity index (χ1) is 9.61. The van der Waals surface area contributed by atoms with E-state index in [0.29, 0.717) is 5.69 Å². The molecule has 1 rings (SSSR count). The van der Waals surface area contributed by atoms with Gasteiger partial charge in [-0.05, 0) is 24.5 Å². The second-order valence-electron chi connectivity index (χ2n) is 5.60. The van der Waals surface area contributed by atoms with Crippen LogP contribution in [0.5, 0.6) is 0 Å². The van der Waals surface area contributed by atoms with E-state index in [0.717, 1.165) is 5.57 Å². The highest BCUT2D eigenvalue weighted by Crippen LogP contribution is 2.27. The first-order valence-corrected chi connectivity index (χ1v) is 6.68. The van der Waals surface area contributed by atoms with Gasteiger partial charge < -0.3 is 10.6 Å². The van der Waals surface area contributed by atoms with Crippen LogP contribution in [0.4, 0.5) is 16.2 Å². The van der Waals surface area contributed by atoms with E-state index in [1.807, 2.05) is 27.7 Å². The predicted octanol–water partition coefficient (Wildman–Crippen LogP) is 4.32. The largest absolute Gasteiger partial charge is 0.323 e. The Morgan fingerprint density at radius 1 is 1.38 bits per heavy atom. The van der Waals surface area contributed by atoms with Crippen LogP contribution >= 0.6 is 11.6 Å². The lowest BCUT2D eigenvalue weighted by atomic mass is 9.88. The summed E-state index contributed by atoms with van der Waals surface area (Å²) in [5.41, 5.74) is 0.993. The van der Waals surface area contributed by atoms with Gasteiger partial charge in [0.25, 0.3) is 5.69 Å². The number of nitrogens with zero attached hydrogens (tertiary/aromatic N) is 1. The number of carbonyl (C=O) groups is 1. The van der Waals surface area contributed by atoms with Gasteiger partial charge in [0, 0.05) is 18.0 Å². The number of nitro benzene ring substituents is 1. The van der Waals surface area contributed by atoms with Gasteiger partial charge in [0.2, 0.25) is 0 Å². The lowest BCUT2D eigenvalue weighted by Crippen LogP contribution is -2.25. The molecule has 0 atom stereocenters. The number of urea groups is 1. The first kappa shape index (κ1) is 17.0. The molecule has 0 bridgehead atoms. The Balaban J connectivity index is 2.76. The highest BCUT2D eigenvalue weighted by Gasteiger charge is 2.14. The molecule has 0 unspecified atom stereocenters. The molecular formula is C14H18ClN3O3. The summed E-state index contributed by atoms with van der Waals surface area (Å²) in [5.74, 6) is 0. The van der Waals surface area contributed by atoms with E-state index in [1.54, 1.807) is 6.20 Å². The van der Waals surface area contributed by atoms with Crippen molar-refractivity contribution in [1.29, 1.82) is 0 Å². The Hall–Kier alpha value is -2.08. The van der Waals surface area contributed by atoms with Gasteiger partial charge in [0.1, 0.15) is 5.02 Å². The van der Waals surface area contributed by atoms with Crippen LogP contribution in [0.3, 0.4) is 0 Å². The van der Waals surface area contributed by atoms with Gasteiger partial charge in [0.15, 0.2) is 0 Å². The highest BCUT2D eigenvalue weighted by atomic mass is 35.5. The van der Waals surface area contributed by atoms with Gasteiger partial charge >= 0.3 is 6.03 Å². The molecule has 2 N–H and O–H groups in total. The topological polar surface area (TPSA) is 84.3 Å². The highest BCUT2D eigenvalue weighted by molar-refractivity contribution is 6.32. The molecule has 0 aromatic heterocycles. The summed E-state index contributed by atoms with van der Waals surface area (Å²) in [7, 11) is 0. The van der Waals surface area contributed by atoms with E-state index in [-0.39, 0.29) is 16.1 Å². The molecule has 0 spiro atoms. The van der Waals surface area contributed by atoms with Gasteiger partial charge in [-0.15, -0.1) is 0 Å². The Bertz CT molecular complexity index is 592. The van der Waals surface area contributed by atoms with E-state index in [1.165, 1.54) is 18.2 Å². The zero-order chi connectivity index (χ0) is 16.2. The molecule has 0 aliphatic heterocycles. The van der Waals surface area contributed by atoms with Crippen molar-refractivity contribution in [3.63, 3.8) is 0 Å². The zero-order valence-corrected chi connectivity index (χ0v) is 13.1. The van der Waals surface area contributed by atoms with Crippen LogP contribution in [0.2, 0.25) is 5.02 Å². The van der Waals surface area contributed by atoms with Gasteiger partial charge in [0.05, 0.1) is 4.92 Å². The molecule has 0 saturated carbocycles.